The first-order valence-corrected chi connectivity index (χ1v) is 7.48. The fraction of sp³-hybridized carbons (Fsp3) is 0.308. The van der Waals surface area contributed by atoms with E-state index in [4.69, 9.17) is 0 Å². The van der Waals surface area contributed by atoms with E-state index in [-0.39, 0.29) is 46.5 Å². The first-order chi connectivity index (χ1) is 10.1. The van der Waals surface area contributed by atoms with Gasteiger partial charge in [-0.1, -0.05) is 0 Å². The average Bonchev–Trinajstić information content (AvgIpc) is 3.05. The van der Waals surface area contributed by atoms with Crippen LogP contribution in [0.15, 0.2) is 22.9 Å². The Hall–Kier alpha value is -1.06. The number of carboxylic acids is 1. The summed E-state index contributed by atoms with van der Waals surface area (Å²) in [4.78, 5) is 28.7. The fourth-order valence-electron chi connectivity index (χ4n) is 2.70. The van der Waals surface area contributed by atoms with E-state index in [1.807, 2.05) is 6.20 Å². The molecule has 9 heteroatoms. The van der Waals surface area contributed by atoms with Crippen LogP contribution in [-0.4, -0.2) is 38.2 Å². The largest absolute Gasteiger partial charge is 1.00 e. The maximum Gasteiger partial charge on any atom is 1.00 e. The molecular weight excluding hydrogens is 315 g/mol. The predicted molar refractivity (Wildman–Crippen MR) is 73.2 cm³/mol. The van der Waals surface area contributed by atoms with E-state index < -0.39 is 5.97 Å². The average molecular weight is 326 g/mol. The molecule has 1 saturated heterocycles. The summed E-state index contributed by atoms with van der Waals surface area (Å²) in [6.45, 7) is 2.49. The van der Waals surface area contributed by atoms with Crippen molar-refractivity contribution in [3.8, 4) is 0 Å². The zero-order valence-electron chi connectivity index (χ0n) is 11.9. The fourth-order valence-corrected chi connectivity index (χ4v) is 3.81. The topological polar surface area (TPSA) is 90.3 Å². The Bertz CT molecular complexity index is 703. The van der Waals surface area contributed by atoms with Crippen molar-refractivity contribution in [3.05, 3.63) is 34.4 Å². The molecule has 0 radical (unpaired) electrons. The van der Waals surface area contributed by atoms with Gasteiger partial charge in [0.2, 0.25) is 0 Å². The number of amides is 1. The Morgan fingerprint density at radius 1 is 1.55 bits per heavy atom. The van der Waals surface area contributed by atoms with Gasteiger partial charge in [0.25, 0.3) is 5.91 Å². The summed E-state index contributed by atoms with van der Waals surface area (Å²) >= 11 is 1.30. The number of imidazole rings is 1. The molecule has 1 amide bonds. The van der Waals surface area contributed by atoms with E-state index >= 15 is 0 Å². The third-order valence-corrected chi connectivity index (χ3v) is 4.82. The first-order valence-electron chi connectivity index (χ1n) is 6.54. The number of nitrogens with zero attached hydrogens (tertiary/aromatic N) is 3. The van der Waals surface area contributed by atoms with Gasteiger partial charge in [-0.2, -0.15) is 0 Å². The normalized spacial score (nSPS) is 24.3. The van der Waals surface area contributed by atoms with E-state index in [2.05, 4.69) is 14.9 Å². The minimum atomic E-state index is -1.32. The van der Waals surface area contributed by atoms with Gasteiger partial charge in [-0.25, -0.2) is 4.98 Å². The van der Waals surface area contributed by atoms with Gasteiger partial charge in [0.1, 0.15) is 11.2 Å². The summed E-state index contributed by atoms with van der Waals surface area (Å²) in [5, 5.41) is 15.3. The van der Waals surface area contributed by atoms with Crippen molar-refractivity contribution >= 4 is 29.7 Å². The molecular formula is C13H11N4NaO3S. The zero-order valence-corrected chi connectivity index (χ0v) is 14.7. The second kappa shape index (κ2) is 5.86. The molecule has 1 fully saturated rings. The molecule has 1 N–H and O–H groups in total. The molecule has 0 aromatic carbocycles. The minimum absolute atomic E-state index is 0. The van der Waals surface area contributed by atoms with Crippen LogP contribution in [0.1, 0.15) is 11.5 Å². The number of thioether (sulfide) groups is 1. The molecule has 22 heavy (non-hydrogen) atoms. The van der Waals surface area contributed by atoms with Crippen LogP contribution in [-0.2, 0) is 22.7 Å². The Labute approximate surface area is 152 Å². The Balaban J connectivity index is 0.00000144. The van der Waals surface area contributed by atoms with Gasteiger partial charge in [-0.05, 0) is 11.5 Å². The van der Waals surface area contributed by atoms with Crippen molar-refractivity contribution in [2.24, 2.45) is 0 Å². The van der Waals surface area contributed by atoms with Gasteiger partial charge in [-0.15, -0.1) is 11.8 Å². The molecule has 3 aliphatic heterocycles. The van der Waals surface area contributed by atoms with E-state index in [9.17, 15) is 14.7 Å². The van der Waals surface area contributed by atoms with Crippen molar-refractivity contribution in [2.45, 2.75) is 18.5 Å². The van der Waals surface area contributed by atoms with Crippen LogP contribution in [0.5, 0.6) is 0 Å². The van der Waals surface area contributed by atoms with Gasteiger partial charge < -0.3 is 19.8 Å². The number of carboxylic acid groups (broad SMARTS) is 1. The van der Waals surface area contributed by atoms with Crippen LogP contribution in [0.4, 0.5) is 0 Å². The van der Waals surface area contributed by atoms with Crippen LogP contribution in [0.25, 0.3) is 6.08 Å². The summed E-state index contributed by atoms with van der Waals surface area (Å²) < 4.78 is 2.07. The molecule has 1 aromatic rings. The number of aromatic nitrogens is 2. The Kier molecular flexibility index (Phi) is 4.21. The molecule has 4 rings (SSSR count). The molecule has 1 unspecified atom stereocenters. The summed E-state index contributed by atoms with van der Waals surface area (Å²) in [5.74, 6) is -0.658. The standard InChI is InChI=1S/C13H12N4O3S.Na/c18-11-8(12-17(11)9(6-21-12)13(19)20)3-7-5-16-2-1-14-4-10(16)15-7;/h3,5-6,12,14H,1-2,4H2,(H,19,20);/q;+1/p-1/b8-3-;. The molecule has 0 spiro atoms. The Morgan fingerprint density at radius 2 is 2.36 bits per heavy atom. The quantitative estimate of drug-likeness (QED) is 0.337. The zero-order chi connectivity index (χ0) is 14.6. The second-order valence-corrected chi connectivity index (χ2v) is 5.96. The van der Waals surface area contributed by atoms with Gasteiger partial charge in [0.15, 0.2) is 0 Å². The molecule has 1 aromatic heterocycles. The number of carbonyl (C=O) groups is 2. The van der Waals surface area contributed by atoms with Gasteiger partial charge in [-0.3, -0.25) is 9.69 Å². The van der Waals surface area contributed by atoms with Gasteiger partial charge in [0.05, 0.1) is 29.5 Å². The number of β-lactam (4-membered cyclic amide) rings is 1. The molecule has 7 nitrogen and oxygen atoms in total. The monoisotopic (exact) mass is 326 g/mol. The number of rotatable bonds is 2. The SMILES string of the molecule is O=C([O-])C1=CSC2/C(=C\c3cn4c(n3)CNCC4)C(=O)N12.[Na+]. The van der Waals surface area contributed by atoms with Crippen molar-refractivity contribution in [3.63, 3.8) is 0 Å². The maximum atomic E-state index is 12.1. The van der Waals surface area contributed by atoms with Gasteiger partial charge >= 0.3 is 29.6 Å². The first kappa shape index (κ1) is 15.8. The van der Waals surface area contributed by atoms with Crippen LogP contribution < -0.4 is 40.0 Å². The third kappa shape index (κ3) is 2.35. The second-order valence-electron chi connectivity index (χ2n) is 5.01. The van der Waals surface area contributed by atoms with Gasteiger partial charge in [0, 0.05) is 19.3 Å². The van der Waals surface area contributed by atoms with Crippen LogP contribution >= 0.6 is 11.8 Å². The van der Waals surface area contributed by atoms with Crippen LogP contribution in [0, 0.1) is 0 Å². The molecule has 0 bridgehead atoms. The van der Waals surface area contributed by atoms with Crippen LogP contribution in [0.2, 0.25) is 0 Å². The predicted octanol–water partition coefficient (Wildman–Crippen LogP) is -4.12. The van der Waals surface area contributed by atoms with Crippen LogP contribution in [0.3, 0.4) is 0 Å². The van der Waals surface area contributed by atoms with Crippen molar-refractivity contribution in [1.82, 2.24) is 19.8 Å². The van der Waals surface area contributed by atoms with Crippen molar-refractivity contribution < 1.29 is 44.3 Å². The van der Waals surface area contributed by atoms with E-state index in [1.165, 1.54) is 22.1 Å². The maximum absolute atomic E-state index is 12.1. The Morgan fingerprint density at radius 3 is 3.09 bits per heavy atom. The number of fused-ring (bicyclic) bond motifs is 2. The van der Waals surface area contributed by atoms with Crippen molar-refractivity contribution in [2.75, 3.05) is 6.54 Å². The number of carbonyl (C=O) groups excluding carboxylic acids is 2. The number of nitrogens with one attached hydrogen (secondary N) is 1. The molecule has 3 aliphatic rings. The number of aliphatic carboxylic acids is 1. The molecule has 0 aliphatic carbocycles. The minimum Gasteiger partial charge on any atom is -0.543 e. The van der Waals surface area contributed by atoms with E-state index in [0.717, 1.165) is 31.2 Å². The summed E-state index contributed by atoms with van der Waals surface area (Å²) in [6.07, 6.45) is 3.67. The van der Waals surface area contributed by atoms with E-state index in [1.54, 1.807) is 6.08 Å². The smallest absolute Gasteiger partial charge is 0.543 e. The summed E-state index contributed by atoms with van der Waals surface area (Å²) in [5.41, 5.74) is 1.26. The molecule has 1 atom stereocenters. The third-order valence-electron chi connectivity index (χ3n) is 3.74. The molecule has 0 saturated carbocycles. The summed E-state index contributed by atoms with van der Waals surface area (Å²) in [6, 6.07) is 0. The summed E-state index contributed by atoms with van der Waals surface area (Å²) in [7, 11) is 0. The van der Waals surface area contributed by atoms with E-state index in [0.29, 0.717) is 5.57 Å². The number of hydrogen-bond donors (Lipinski definition) is 1. The number of hydrogen-bond acceptors (Lipinski definition) is 6. The molecule has 108 valence electrons. The molecule has 4 heterocycles. The van der Waals surface area contributed by atoms with Crippen molar-refractivity contribution in [1.29, 1.82) is 0 Å².